The topological polar surface area (TPSA) is 108 Å². The summed E-state index contributed by atoms with van der Waals surface area (Å²) in [6, 6.07) is -0.883. The Bertz CT molecular complexity index is 902. The first-order chi connectivity index (χ1) is 23.5. The molecule has 0 aromatic rings. The molecule has 0 aromatic carbocycles. The maximum absolute atomic E-state index is 12.7. The van der Waals surface area contributed by atoms with Gasteiger partial charge in [-0.05, 0) is 51.4 Å². The lowest BCUT2D eigenvalue weighted by molar-refractivity contribution is -0.870. The molecule has 0 aliphatic carbocycles. The highest BCUT2D eigenvalue weighted by atomic mass is 31.2. The third kappa shape index (κ3) is 34.9. The number of rotatable bonds is 35. The number of aliphatic hydroxyl groups excluding tert-OH is 1. The molecule has 0 aliphatic rings. The van der Waals surface area contributed by atoms with Crippen LogP contribution < -0.4 is 10.2 Å². The molecule has 0 saturated carbocycles. The first-order valence-electron chi connectivity index (χ1n) is 19.9. The average Bonchev–Trinajstić information content (AvgIpc) is 3.04. The minimum atomic E-state index is -4.57. The van der Waals surface area contributed by atoms with Crippen molar-refractivity contribution in [2.75, 3.05) is 40.9 Å². The summed E-state index contributed by atoms with van der Waals surface area (Å²) in [6.45, 7) is 4.53. The number of unbranched alkanes of at least 4 members (excludes halogenated alkanes) is 18. The van der Waals surface area contributed by atoms with Crippen molar-refractivity contribution in [1.82, 2.24) is 5.32 Å². The highest BCUT2D eigenvalue weighted by Crippen LogP contribution is 2.38. The van der Waals surface area contributed by atoms with Gasteiger partial charge in [-0.15, -0.1) is 0 Å². The van der Waals surface area contributed by atoms with Gasteiger partial charge in [-0.25, -0.2) is 0 Å². The third-order valence-corrected chi connectivity index (χ3v) is 9.56. The molecule has 0 spiro atoms. The quantitative estimate of drug-likeness (QED) is 0.0293. The van der Waals surface area contributed by atoms with Crippen LogP contribution in [0.3, 0.4) is 0 Å². The van der Waals surface area contributed by atoms with Crippen LogP contribution in [0.2, 0.25) is 0 Å². The zero-order valence-electron chi connectivity index (χ0n) is 32.4. The highest BCUT2D eigenvalue weighted by molar-refractivity contribution is 7.45. The van der Waals surface area contributed by atoms with Gasteiger partial charge < -0.3 is 28.8 Å². The SMILES string of the molecule is CCCCCC/C=C/C(O)C(COP(=O)([O-])OCC[N+](C)(C)C)NC(=O)CCCCCCCCCCC/C=C\C/C=C\CCCCCCC. The number of likely N-dealkylation sites (N-methyl/N-ethyl adjacent to an activating group) is 1. The Kier molecular flexibility index (Phi) is 31.8. The van der Waals surface area contributed by atoms with E-state index < -0.39 is 20.0 Å². The molecule has 3 atom stereocenters. The zero-order chi connectivity index (χ0) is 36.5. The van der Waals surface area contributed by atoms with E-state index in [1.807, 2.05) is 27.2 Å². The largest absolute Gasteiger partial charge is 0.756 e. The summed E-state index contributed by atoms with van der Waals surface area (Å²) in [5, 5.41) is 13.6. The van der Waals surface area contributed by atoms with Crippen LogP contribution in [0.1, 0.15) is 162 Å². The number of carbonyl (C=O) groups is 1. The molecule has 2 N–H and O–H groups in total. The van der Waals surface area contributed by atoms with Crippen LogP contribution in [0.4, 0.5) is 0 Å². The minimum Gasteiger partial charge on any atom is -0.756 e. The second-order valence-electron chi connectivity index (χ2n) is 14.6. The summed E-state index contributed by atoms with van der Waals surface area (Å²) >= 11 is 0. The Morgan fingerprint density at radius 1 is 0.714 bits per heavy atom. The molecular formula is C40H77N2O6P. The van der Waals surface area contributed by atoms with E-state index in [1.54, 1.807) is 6.08 Å². The van der Waals surface area contributed by atoms with E-state index in [0.717, 1.165) is 51.4 Å². The molecule has 1 amide bonds. The first-order valence-corrected chi connectivity index (χ1v) is 21.3. The lowest BCUT2D eigenvalue weighted by Gasteiger charge is -2.29. The molecule has 0 rings (SSSR count). The molecule has 0 aromatic heterocycles. The zero-order valence-corrected chi connectivity index (χ0v) is 33.3. The fourth-order valence-electron chi connectivity index (χ4n) is 5.36. The van der Waals surface area contributed by atoms with Gasteiger partial charge in [0.1, 0.15) is 13.2 Å². The van der Waals surface area contributed by atoms with Crippen LogP contribution in [0.15, 0.2) is 36.5 Å². The minimum absolute atomic E-state index is 0.00321. The lowest BCUT2D eigenvalue weighted by atomic mass is 10.1. The summed E-state index contributed by atoms with van der Waals surface area (Å²) in [6.07, 6.45) is 37.9. The summed E-state index contributed by atoms with van der Waals surface area (Å²) in [4.78, 5) is 25.0. The number of hydrogen-bond acceptors (Lipinski definition) is 6. The van der Waals surface area contributed by atoms with Gasteiger partial charge in [0.15, 0.2) is 0 Å². The van der Waals surface area contributed by atoms with E-state index in [0.29, 0.717) is 17.4 Å². The number of nitrogens with one attached hydrogen (secondary N) is 1. The molecule has 0 bridgehead atoms. The average molecular weight is 713 g/mol. The van der Waals surface area contributed by atoms with Gasteiger partial charge in [0.25, 0.3) is 7.82 Å². The van der Waals surface area contributed by atoms with Crippen LogP contribution >= 0.6 is 7.82 Å². The fraction of sp³-hybridized carbons (Fsp3) is 0.825. The van der Waals surface area contributed by atoms with Gasteiger partial charge in [0.05, 0.1) is 39.9 Å². The highest BCUT2D eigenvalue weighted by Gasteiger charge is 2.23. The Morgan fingerprint density at radius 2 is 1.18 bits per heavy atom. The molecule has 0 heterocycles. The Labute approximate surface area is 302 Å². The van der Waals surface area contributed by atoms with Crippen molar-refractivity contribution in [1.29, 1.82) is 0 Å². The number of aliphatic hydroxyl groups is 1. The van der Waals surface area contributed by atoms with Crippen molar-refractivity contribution in [3.63, 3.8) is 0 Å². The van der Waals surface area contributed by atoms with E-state index in [1.165, 1.54) is 89.9 Å². The van der Waals surface area contributed by atoms with Crippen LogP contribution in [0, 0.1) is 0 Å². The number of carbonyl (C=O) groups excluding carboxylic acids is 1. The number of phosphoric ester groups is 1. The Hall–Kier alpha value is -1.28. The predicted octanol–water partition coefficient (Wildman–Crippen LogP) is 9.72. The summed E-state index contributed by atoms with van der Waals surface area (Å²) in [5.74, 6) is -0.210. The van der Waals surface area contributed by atoms with Crippen molar-refractivity contribution in [2.24, 2.45) is 0 Å². The monoisotopic (exact) mass is 713 g/mol. The number of quaternary nitrogens is 1. The molecule has 288 valence electrons. The number of hydrogen-bond donors (Lipinski definition) is 2. The number of nitrogens with zero attached hydrogens (tertiary/aromatic N) is 1. The van der Waals surface area contributed by atoms with Crippen LogP contribution in [-0.2, 0) is 18.4 Å². The second-order valence-corrected chi connectivity index (χ2v) is 16.0. The summed E-state index contributed by atoms with van der Waals surface area (Å²) in [5.41, 5.74) is 0. The molecule has 49 heavy (non-hydrogen) atoms. The van der Waals surface area contributed by atoms with Gasteiger partial charge in [-0.2, -0.15) is 0 Å². The number of phosphoric acid groups is 1. The first kappa shape index (κ1) is 47.7. The van der Waals surface area contributed by atoms with E-state index in [9.17, 15) is 19.4 Å². The van der Waals surface area contributed by atoms with E-state index in [-0.39, 0.29) is 19.1 Å². The molecule has 3 unspecified atom stereocenters. The van der Waals surface area contributed by atoms with E-state index >= 15 is 0 Å². The third-order valence-electron chi connectivity index (χ3n) is 8.59. The second kappa shape index (κ2) is 32.6. The normalized spacial score (nSPS) is 15.0. The van der Waals surface area contributed by atoms with Crippen LogP contribution in [-0.4, -0.2) is 68.5 Å². The van der Waals surface area contributed by atoms with E-state index in [4.69, 9.17) is 9.05 Å². The van der Waals surface area contributed by atoms with Crippen molar-refractivity contribution in [3.05, 3.63) is 36.5 Å². The van der Waals surface area contributed by atoms with Crippen molar-refractivity contribution < 1.29 is 32.9 Å². The lowest BCUT2D eigenvalue weighted by Crippen LogP contribution is -2.45. The fourth-order valence-corrected chi connectivity index (χ4v) is 6.08. The molecule has 0 saturated heterocycles. The maximum Gasteiger partial charge on any atom is 0.268 e. The van der Waals surface area contributed by atoms with Crippen molar-refractivity contribution >= 4 is 13.7 Å². The van der Waals surface area contributed by atoms with Crippen molar-refractivity contribution in [3.8, 4) is 0 Å². The standard InChI is InChI=1S/C40H77N2O6P/c1-6-8-10-12-14-15-16-17-18-19-20-21-22-23-24-25-26-27-28-30-32-34-40(44)41-38(39(43)33-31-29-13-11-9-7-2)37-48-49(45,46)47-36-35-42(3,4)5/h16-17,19-20,31,33,38-39,43H,6-15,18,21-30,32,34-37H2,1-5H3,(H-,41,44,45,46)/b17-16-,20-19-,33-31+. The van der Waals surface area contributed by atoms with Gasteiger partial charge in [-0.1, -0.05) is 140 Å². The number of allylic oxidation sites excluding steroid dienone is 5. The maximum atomic E-state index is 12.7. The molecule has 0 fully saturated rings. The predicted molar refractivity (Wildman–Crippen MR) is 205 cm³/mol. The molecular weight excluding hydrogens is 635 g/mol. The molecule has 8 nitrogen and oxygen atoms in total. The van der Waals surface area contributed by atoms with Crippen LogP contribution in [0.5, 0.6) is 0 Å². The van der Waals surface area contributed by atoms with Gasteiger partial charge in [-0.3, -0.25) is 9.36 Å². The van der Waals surface area contributed by atoms with E-state index in [2.05, 4.69) is 43.5 Å². The van der Waals surface area contributed by atoms with Gasteiger partial charge in [0, 0.05) is 6.42 Å². The molecule has 0 aliphatic heterocycles. The van der Waals surface area contributed by atoms with Crippen LogP contribution in [0.25, 0.3) is 0 Å². The molecule has 9 heteroatoms. The summed E-state index contributed by atoms with van der Waals surface area (Å²) in [7, 11) is 1.25. The van der Waals surface area contributed by atoms with Gasteiger partial charge >= 0.3 is 0 Å². The van der Waals surface area contributed by atoms with Gasteiger partial charge in [0.2, 0.25) is 5.91 Å². The molecule has 0 radical (unpaired) electrons. The van der Waals surface area contributed by atoms with Crippen molar-refractivity contribution in [2.45, 2.75) is 174 Å². The Morgan fingerprint density at radius 3 is 1.71 bits per heavy atom. The summed E-state index contributed by atoms with van der Waals surface area (Å²) < 4.78 is 23.0. The smallest absolute Gasteiger partial charge is 0.268 e. The Balaban J connectivity index is 4.22. The number of amides is 1.